The van der Waals surface area contributed by atoms with E-state index in [0.29, 0.717) is 5.02 Å². The van der Waals surface area contributed by atoms with Crippen molar-refractivity contribution in [3.8, 4) is 0 Å². The fourth-order valence-corrected chi connectivity index (χ4v) is 3.54. The first kappa shape index (κ1) is 16.6. The van der Waals surface area contributed by atoms with Gasteiger partial charge in [0.05, 0.1) is 16.0 Å². The molecule has 2 aromatic rings. The number of nitrogens with zero attached hydrogens (tertiary/aromatic N) is 1. The van der Waals surface area contributed by atoms with Gasteiger partial charge in [0.15, 0.2) is 0 Å². The van der Waals surface area contributed by atoms with Crippen LogP contribution < -0.4 is 4.72 Å². The van der Waals surface area contributed by atoms with E-state index in [2.05, 4.69) is 4.72 Å². The van der Waals surface area contributed by atoms with E-state index in [9.17, 15) is 18.0 Å². The zero-order chi connectivity index (χ0) is 17.5. The molecular weight excluding hydrogens is 352 g/mol. The molecule has 0 unspecified atom stereocenters. The first-order chi connectivity index (χ1) is 11.3. The smallest absolute Gasteiger partial charge is 0.261 e. The molecule has 1 aliphatic heterocycles. The average molecular weight is 365 g/mol. The molecule has 6 nitrogen and oxygen atoms in total. The number of amides is 2. The molecule has 124 valence electrons. The Morgan fingerprint density at radius 3 is 2.29 bits per heavy atom. The first-order valence-corrected chi connectivity index (χ1v) is 8.86. The quantitative estimate of drug-likeness (QED) is 0.841. The third kappa shape index (κ3) is 2.93. The molecule has 0 saturated carbocycles. The second kappa shape index (κ2) is 6.01. The van der Waals surface area contributed by atoms with Crippen LogP contribution in [-0.4, -0.2) is 32.2 Å². The Balaban J connectivity index is 1.85. The van der Waals surface area contributed by atoms with Crippen LogP contribution in [-0.2, 0) is 16.6 Å². The maximum atomic E-state index is 12.4. The highest BCUT2D eigenvalue weighted by Crippen LogP contribution is 2.24. The maximum absolute atomic E-state index is 12.4. The molecule has 2 aromatic carbocycles. The lowest BCUT2D eigenvalue weighted by molar-refractivity contribution is 0.0693. The summed E-state index contributed by atoms with van der Waals surface area (Å²) in [4.78, 5) is 24.7. The van der Waals surface area contributed by atoms with Gasteiger partial charge in [-0.2, -0.15) is 0 Å². The highest BCUT2D eigenvalue weighted by molar-refractivity contribution is 7.89. The number of sulfonamides is 1. The zero-order valence-electron chi connectivity index (χ0n) is 12.6. The minimum atomic E-state index is -3.81. The van der Waals surface area contributed by atoms with Gasteiger partial charge in [0, 0.05) is 18.6 Å². The monoisotopic (exact) mass is 364 g/mol. The SMILES string of the molecule is CN1C(=O)c2ccc(S(=O)(=O)NCc3ccc(Cl)cc3)cc2C1=O. The lowest BCUT2D eigenvalue weighted by Gasteiger charge is -2.08. The fourth-order valence-electron chi connectivity index (χ4n) is 2.37. The number of hydrogen-bond donors (Lipinski definition) is 1. The summed E-state index contributed by atoms with van der Waals surface area (Å²) < 4.78 is 27.2. The fraction of sp³-hybridized carbons (Fsp3) is 0.125. The van der Waals surface area contributed by atoms with Crippen molar-refractivity contribution in [3.05, 3.63) is 64.2 Å². The van der Waals surface area contributed by atoms with Gasteiger partial charge in [-0.05, 0) is 35.9 Å². The topological polar surface area (TPSA) is 83.6 Å². The van der Waals surface area contributed by atoms with Crippen LogP contribution >= 0.6 is 11.6 Å². The maximum Gasteiger partial charge on any atom is 0.261 e. The van der Waals surface area contributed by atoms with E-state index in [4.69, 9.17) is 11.6 Å². The van der Waals surface area contributed by atoms with Crippen LogP contribution in [0.3, 0.4) is 0 Å². The van der Waals surface area contributed by atoms with Gasteiger partial charge in [-0.1, -0.05) is 23.7 Å². The molecule has 24 heavy (non-hydrogen) atoms. The normalized spacial score (nSPS) is 14.2. The van der Waals surface area contributed by atoms with E-state index < -0.39 is 21.8 Å². The van der Waals surface area contributed by atoms with Crippen molar-refractivity contribution < 1.29 is 18.0 Å². The molecule has 1 N–H and O–H groups in total. The van der Waals surface area contributed by atoms with Crippen molar-refractivity contribution in [3.63, 3.8) is 0 Å². The predicted molar refractivity (Wildman–Crippen MR) is 88.3 cm³/mol. The Morgan fingerprint density at radius 1 is 1.00 bits per heavy atom. The van der Waals surface area contributed by atoms with Gasteiger partial charge >= 0.3 is 0 Å². The molecule has 0 bridgehead atoms. The number of fused-ring (bicyclic) bond motifs is 1. The molecule has 0 atom stereocenters. The number of carbonyl (C=O) groups excluding carboxylic acids is 2. The van der Waals surface area contributed by atoms with E-state index in [-0.39, 0.29) is 22.6 Å². The van der Waals surface area contributed by atoms with E-state index in [1.807, 2.05) is 0 Å². The summed E-state index contributed by atoms with van der Waals surface area (Å²) in [5, 5.41) is 0.563. The Labute approximate surface area is 144 Å². The third-order valence-corrected chi connectivity index (χ3v) is 5.40. The van der Waals surface area contributed by atoms with Crippen LogP contribution in [0.15, 0.2) is 47.4 Å². The van der Waals surface area contributed by atoms with Gasteiger partial charge in [-0.3, -0.25) is 14.5 Å². The van der Waals surface area contributed by atoms with Gasteiger partial charge < -0.3 is 0 Å². The molecule has 2 amide bonds. The second-order valence-electron chi connectivity index (χ2n) is 5.33. The van der Waals surface area contributed by atoms with E-state index in [0.717, 1.165) is 10.5 Å². The van der Waals surface area contributed by atoms with Crippen LogP contribution in [0, 0.1) is 0 Å². The molecular formula is C16H13ClN2O4S. The van der Waals surface area contributed by atoms with Gasteiger partial charge in [0.25, 0.3) is 11.8 Å². The highest BCUT2D eigenvalue weighted by atomic mass is 35.5. The van der Waals surface area contributed by atoms with Crippen LogP contribution in [0.4, 0.5) is 0 Å². The van der Waals surface area contributed by atoms with Crippen molar-refractivity contribution in [2.24, 2.45) is 0 Å². The van der Waals surface area contributed by atoms with Crippen LogP contribution in [0.25, 0.3) is 0 Å². The van der Waals surface area contributed by atoms with Crippen molar-refractivity contribution in [2.45, 2.75) is 11.4 Å². The van der Waals surface area contributed by atoms with Gasteiger partial charge in [0.2, 0.25) is 10.0 Å². The number of halogens is 1. The Bertz CT molecular complexity index is 939. The van der Waals surface area contributed by atoms with Crippen molar-refractivity contribution in [2.75, 3.05) is 7.05 Å². The van der Waals surface area contributed by atoms with Crippen LogP contribution in [0.1, 0.15) is 26.3 Å². The molecule has 0 fully saturated rings. The Hall–Kier alpha value is -2.22. The summed E-state index contributed by atoms with van der Waals surface area (Å²) >= 11 is 5.79. The molecule has 3 rings (SSSR count). The number of rotatable bonds is 4. The minimum absolute atomic E-state index is 0.0633. The van der Waals surface area contributed by atoms with Gasteiger partial charge in [-0.15, -0.1) is 0 Å². The third-order valence-electron chi connectivity index (χ3n) is 3.75. The van der Waals surface area contributed by atoms with Gasteiger partial charge in [0.1, 0.15) is 0 Å². The Morgan fingerprint density at radius 2 is 1.62 bits per heavy atom. The summed E-state index contributed by atoms with van der Waals surface area (Å²) in [5.74, 6) is -0.946. The average Bonchev–Trinajstić information content (AvgIpc) is 2.79. The Kier molecular flexibility index (Phi) is 4.16. The first-order valence-electron chi connectivity index (χ1n) is 7.00. The molecule has 1 heterocycles. The summed E-state index contributed by atoms with van der Waals surface area (Å²) in [7, 11) is -2.45. The lowest BCUT2D eigenvalue weighted by atomic mass is 10.1. The summed E-state index contributed by atoms with van der Waals surface area (Å²) in [6.07, 6.45) is 0. The predicted octanol–water partition coefficient (Wildman–Crippen LogP) is 2.04. The number of carbonyl (C=O) groups is 2. The van der Waals surface area contributed by atoms with Crippen molar-refractivity contribution >= 4 is 33.4 Å². The second-order valence-corrected chi connectivity index (χ2v) is 7.53. The zero-order valence-corrected chi connectivity index (χ0v) is 14.2. The number of hydrogen-bond acceptors (Lipinski definition) is 4. The summed E-state index contributed by atoms with van der Waals surface area (Å²) in [5.41, 5.74) is 1.05. The van der Waals surface area contributed by atoms with Crippen LogP contribution in [0.2, 0.25) is 5.02 Å². The van der Waals surface area contributed by atoms with E-state index in [1.54, 1.807) is 24.3 Å². The molecule has 1 aliphatic rings. The summed E-state index contributed by atoms with van der Waals surface area (Å²) in [6.45, 7) is 0.0867. The number of imide groups is 1. The number of nitrogens with one attached hydrogen (secondary N) is 1. The van der Waals surface area contributed by atoms with E-state index in [1.165, 1.54) is 25.2 Å². The molecule has 0 aromatic heterocycles. The highest BCUT2D eigenvalue weighted by Gasteiger charge is 2.33. The molecule has 0 saturated heterocycles. The standard InChI is InChI=1S/C16H13ClN2O4S/c1-19-15(20)13-7-6-12(8-14(13)16(19)21)24(22,23)18-9-10-2-4-11(17)5-3-10/h2-8,18H,9H2,1H3. The number of benzene rings is 2. The molecule has 0 radical (unpaired) electrons. The molecule has 8 heteroatoms. The molecule has 0 aliphatic carbocycles. The molecule has 0 spiro atoms. The van der Waals surface area contributed by atoms with Crippen LogP contribution in [0.5, 0.6) is 0 Å². The van der Waals surface area contributed by atoms with E-state index >= 15 is 0 Å². The minimum Gasteiger partial charge on any atom is -0.277 e. The van der Waals surface area contributed by atoms with Gasteiger partial charge in [-0.25, -0.2) is 13.1 Å². The lowest BCUT2D eigenvalue weighted by Crippen LogP contribution is -2.24. The summed E-state index contributed by atoms with van der Waals surface area (Å²) in [6, 6.07) is 10.7. The largest absolute Gasteiger partial charge is 0.277 e. The van der Waals surface area contributed by atoms with Crippen molar-refractivity contribution in [1.82, 2.24) is 9.62 Å². The van der Waals surface area contributed by atoms with Crippen molar-refractivity contribution in [1.29, 1.82) is 0 Å².